The number of ether oxygens (including phenoxy) is 1. The molecule has 0 radical (unpaired) electrons. The summed E-state index contributed by atoms with van der Waals surface area (Å²) in [7, 11) is 1.75. The van der Waals surface area contributed by atoms with Crippen molar-refractivity contribution >= 4 is 27.5 Å². The third-order valence-electron chi connectivity index (χ3n) is 10.6. The molecule has 10 rings (SSSR count). The minimum absolute atomic E-state index is 0. The van der Waals surface area contributed by atoms with E-state index in [4.69, 9.17) is 9.84 Å². The molecule has 4 aromatic heterocycles. The van der Waals surface area contributed by atoms with Crippen LogP contribution in [-0.2, 0) is 21.1 Å². The van der Waals surface area contributed by atoms with Crippen molar-refractivity contribution in [3.05, 3.63) is 193 Å². The largest absolute Gasteiger partial charge is 2.00 e. The molecule has 0 bridgehead atoms. The fourth-order valence-corrected chi connectivity index (χ4v) is 8.10. The van der Waals surface area contributed by atoms with Gasteiger partial charge in [0.2, 0.25) is 0 Å². The second-order valence-electron chi connectivity index (χ2n) is 14.5. The predicted molar refractivity (Wildman–Crippen MR) is 236 cm³/mol. The number of imidazole rings is 1. The smallest absolute Gasteiger partial charge is 0.495 e. The maximum atomic E-state index is 5.93. The van der Waals surface area contributed by atoms with Crippen molar-refractivity contribution in [1.29, 1.82) is 0 Å². The van der Waals surface area contributed by atoms with Gasteiger partial charge in [-0.1, -0.05) is 109 Å². The molecular weight excluding hydrogens is 906 g/mol. The van der Waals surface area contributed by atoms with E-state index in [-0.39, 0.29) is 21.1 Å². The number of fused-ring (bicyclic) bond motifs is 6. The average molecular weight is 947 g/mol. The number of aromatic nitrogens is 5. The molecule has 0 aliphatic carbocycles. The summed E-state index contributed by atoms with van der Waals surface area (Å²) < 4.78 is 10.0. The first kappa shape index (κ1) is 39.2. The van der Waals surface area contributed by atoms with Crippen molar-refractivity contribution in [2.24, 2.45) is 0 Å². The van der Waals surface area contributed by atoms with Gasteiger partial charge in [-0.15, -0.1) is 18.2 Å². The molecule has 0 N–H and O–H groups in total. The van der Waals surface area contributed by atoms with Gasteiger partial charge in [0.1, 0.15) is 5.75 Å². The first-order chi connectivity index (χ1) is 28.4. The van der Waals surface area contributed by atoms with Crippen LogP contribution < -0.4 is 4.74 Å². The van der Waals surface area contributed by atoms with Crippen molar-refractivity contribution in [2.75, 3.05) is 7.11 Å². The van der Waals surface area contributed by atoms with Gasteiger partial charge < -0.3 is 14.1 Å². The number of methoxy groups -OCH3 is 1. The molecule has 6 nitrogen and oxygen atoms in total. The number of rotatable bonds is 6. The van der Waals surface area contributed by atoms with Gasteiger partial charge in [-0.25, -0.2) is 0 Å². The van der Waals surface area contributed by atoms with Crippen molar-refractivity contribution in [3.63, 3.8) is 0 Å². The maximum absolute atomic E-state index is 5.93. The van der Waals surface area contributed by atoms with Gasteiger partial charge in [-0.2, -0.15) is 29.4 Å². The van der Waals surface area contributed by atoms with E-state index in [0.29, 0.717) is 0 Å². The van der Waals surface area contributed by atoms with Gasteiger partial charge in [0, 0.05) is 39.8 Å². The molecule has 0 saturated heterocycles. The summed E-state index contributed by atoms with van der Waals surface area (Å²) >= 11 is 0. The zero-order valence-electron chi connectivity index (χ0n) is 33.5. The molecule has 0 unspecified atom stereocenters. The molecule has 0 spiro atoms. The molecule has 6 aromatic carbocycles. The summed E-state index contributed by atoms with van der Waals surface area (Å²) in [4.78, 5) is 9.36. The minimum atomic E-state index is 0. The van der Waals surface area contributed by atoms with E-state index in [1.165, 1.54) is 16.7 Å². The summed E-state index contributed by atoms with van der Waals surface area (Å²) in [6.45, 7) is 8.32. The van der Waals surface area contributed by atoms with E-state index in [1.54, 1.807) is 13.3 Å². The van der Waals surface area contributed by atoms with E-state index in [0.717, 1.165) is 89.4 Å². The zero-order valence-corrected chi connectivity index (χ0v) is 35.7. The van der Waals surface area contributed by atoms with E-state index >= 15 is 0 Å². The van der Waals surface area contributed by atoms with E-state index < -0.39 is 0 Å². The normalized spacial score (nSPS) is 11.0. The Morgan fingerprint density at radius 2 is 1.27 bits per heavy atom. The number of hydrogen-bond donors (Lipinski definition) is 0. The van der Waals surface area contributed by atoms with E-state index in [2.05, 4.69) is 157 Å². The monoisotopic (exact) mass is 946 g/mol. The maximum Gasteiger partial charge on any atom is 2.00 e. The third kappa shape index (κ3) is 7.37. The quantitative estimate of drug-likeness (QED) is 0.123. The summed E-state index contributed by atoms with van der Waals surface area (Å²) in [5, 5.41) is 6.89. The molecule has 290 valence electrons. The van der Waals surface area contributed by atoms with Crippen LogP contribution in [-0.4, -0.2) is 31.3 Å². The molecule has 4 heterocycles. The molecular formula is C52H41N5OPt. The molecule has 59 heavy (non-hydrogen) atoms. The predicted octanol–water partition coefficient (Wildman–Crippen LogP) is 12.4. The fraction of sp³-hybridized carbons (Fsp3) is 0.0962. The third-order valence-corrected chi connectivity index (χ3v) is 10.6. The van der Waals surface area contributed by atoms with Crippen LogP contribution in [0.1, 0.15) is 22.6 Å². The van der Waals surface area contributed by atoms with E-state index in [1.807, 2.05) is 54.1 Å². The van der Waals surface area contributed by atoms with E-state index in [9.17, 15) is 0 Å². The summed E-state index contributed by atoms with van der Waals surface area (Å²) in [6, 6.07) is 56.7. The fourth-order valence-electron chi connectivity index (χ4n) is 8.10. The van der Waals surface area contributed by atoms with Gasteiger partial charge >= 0.3 is 21.1 Å². The Hall–Kier alpha value is -6.62. The van der Waals surface area contributed by atoms with Crippen LogP contribution in [0.25, 0.3) is 77.6 Å². The Balaban J connectivity index is 0.000000170. The second kappa shape index (κ2) is 16.7. The topological polar surface area (TPSA) is 57.2 Å². The molecule has 7 heteroatoms. The average Bonchev–Trinajstić information content (AvgIpc) is 3.82. The van der Waals surface area contributed by atoms with Gasteiger partial charge in [-0.3, -0.25) is 9.67 Å². The number of benzene rings is 6. The SMILES string of the molecule is COc1c(-c2ccccc2)cc(C)cc1-c1ccc(-c2c(C)nn(-c3[c-]cccc3)c2C)cc1.Cc1cn2c3cccc(-c4ccccc4)c3c3ncc[c-]c3c2n1.[Pt+2]. The van der Waals surface area contributed by atoms with Gasteiger partial charge in [-0.05, 0) is 95.9 Å². The molecule has 0 amide bonds. The van der Waals surface area contributed by atoms with Crippen LogP contribution in [0.15, 0.2) is 158 Å². The molecule has 0 saturated carbocycles. The number of pyridine rings is 2. The molecule has 0 aliphatic heterocycles. The zero-order chi connectivity index (χ0) is 39.8. The summed E-state index contributed by atoms with van der Waals surface area (Å²) in [6.07, 6.45) is 3.88. The number of para-hydroxylation sites is 1. The van der Waals surface area contributed by atoms with Crippen molar-refractivity contribution in [3.8, 4) is 55.9 Å². The molecule has 10 aromatic rings. The van der Waals surface area contributed by atoms with Crippen molar-refractivity contribution in [1.82, 2.24) is 24.1 Å². The molecule has 0 atom stereocenters. The summed E-state index contributed by atoms with van der Waals surface area (Å²) in [5.41, 5.74) is 17.4. The Morgan fingerprint density at radius 1 is 0.627 bits per heavy atom. The second-order valence-corrected chi connectivity index (χ2v) is 14.5. The van der Waals surface area contributed by atoms with Crippen LogP contribution in [0.3, 0.4) is 0 Å². The van der Waals surface area contributed by atoms with Gasteiger partial charge in [0.05, 0.1) is 18.5 Å². The minimum Gasteiger partial charge on any atom is -0.495 e. The van der Waals surface area contributed by atoms with Crippen molar-refractivity contribution < 1.29 is 25.8 Å². The number of aryl methyl sites for hydroxylation is 3. The molecule has 0 aliphatic rings. The van der Waals surface area contributed by atoms with Gasteiger partial charge in [0.25, 0.3) is 0 Å². The van der Waals surface area contributed by atoms with Crippen LogP contribution in [0.2, 0.25) is 0 Å². The number of nitrogens with zero attached hydrogens (tertiary/aromatic N) is 5. The summed E-state index contributed by atoms with van der Waals surface area (Å²) in [5.74, 6) is 0.893. The van der Waals surface area contributed by atoms with Crippen LogP contribution in [0.4, 0.5) is 0 Å². The Labute approximate surface area is 359 Å². The molecule has 0 fully saturated rings. The van der Waals surface area contributed by atoms with Crippen LogP contribution in [0.5, 0.6) is 5.75 Å². The van der Waals surface area contributed by atoms with Gasteiger partial charge in [0.15, 0.2) is 0 Å². The number of hydrogen-bond acceptors (Lipinski definition) is 4. The first-order valence-corrected chi connectivity index (χ1v) is 19.4. The standard InChI is InChI=1S/C31H27N2O.C21H14N3.Pt/c1-21-19-28(24-11-7-5-8-12-24)31(34-4)29(20-21)25-15-17-26(18-16-25)30-22(2)32-33(23(30)3)27-13-9-6-10-14-27;1-14-13-24-18-11-5-9-16(15-7-3-2-4-8-15)19(18)20-17(21(24)23-14)10-6-12-22-20;/h5-13,15-20H,1-4H3;2-9,11-13H,1H3;/q2*-1;+2. The van der Waals surface area contributed by atoms with Crippen LogP contribution in [0, 0.1) is 39.8 Å². The Bertz CT molecular complexity index is 3060. The first-order valence-electron chi connectivity index (χ1n) is 19.4. The van der Waals surface area contributed by atoms with Crippen LogP contribution >= 0.6 is 0 Å². The Morgan fingerprint density at radius 3 is 1.93 bits per heavy atom. The van der Waals surface area contributed by atoms with Crippen molar-refractivity contribution in [2.45, 2.75) is 27.7 Å². The Kier molecular flexibility index (Phi) is 11.1.